The lowest BCUT2D eigenvalue weighted by molar-refractivity contribution is -0.530. The van der Waals surface area contributed by atoms with Crippen LogP contribution in [-0.4, -0.2) is 22.2 Å². The number of hydrogen-bond acceptors (Lipinski definition) is 3. The predicted molar refractivity (Wildman–Crippen MR) is 51.2 cm³/mol. The lowest BCUT2D eigenvalue weighted by Gasteiger charge is -2.17. The van der Waals surface area contributed by atoms with Crippen LogP contribution in [0.15, 0.2) is 0 Å². The number of aliphatic hydroxyl groups excluding tert-OH is 1. The van der Waals surface area contributed by atoms with Crippen LogP contribution < -0.4 is 0 Å². The molecular formula is C9H19NO3. The van der Waals surface area contributed by atoms with Crippen LogP contribution in [-0.2, 0) is 0 Å². The van der Waals surface area contributed by atoms with E-state index in [2.05, 4.69) is 0 Å². The van der Waals surface area contributed by atoms with Crippen LogP contribution in [0.2, 0.25) is 0 Å². The average molecular weight is 189 g/mol. The second kappa shape index (κ2) is 5.91. The molecule has 0 aromatic heterocycles. The summed E-state index contributed by atoms with van der Waals surface area (Å²) in [7, 11) is 0. The molecular weight excluding hydrogens is 170 g/mol. The second-order valence-corrected chi connectivity index (χ2v) is 3.51. The van der Waals surface area contributed by atoms with Crippen molar-refractivity contribution in [2.45, 2.75) is 52.2 Å². The first-order valence-corrected chi connectivity index (χ1v) is 4.84. The molecule has 0 fully saturated rings. The molecule has 0 heterocycles. The van der Waals surface area contributed by atoms with Gasteiger partial charge in [0, 0.05) is 11.8 Å². The molecule has 0 aromatic carbocycles. The molecule has 0 saturated heterocycles. The highest BCUT2D eigenvalue weighted by Crippen LogP contribution is 2.17. The van der Waals surface area contributed by atoms with Gasteiger partial charge in [-0.05, 0) is 12.3 Å². The third-order valence-electron chi connectivity index (χ3n) is 2.62. The van der Waals surface area contributed by atoms with Crippen molar-refractivity contribution in [3.8, 4) is 0 Å². The summed E-state index contributed by atoms with van der Waals surface area (Å²) in [6, 6.07) is -0.847. The van der Waals surface area contributed by atoms with E-state index in [1.165, 1.54) is 6.92 Å². The maximum atomic E-state index is 10.3. The van der Waals surface area contributed by atoms with Gasteiger partial charge in [0.15, 0.2) is 0 Å². The van der Waals surface area contributed by atoms with Gasteiger partial charge < -0.3 is 5.11 Å². The monoisotopic (exact) mass is 189 g/mol. The Morgan fingerprint density at radius 3 is 2.15 bits per heavy atom. The summed E-state index contributed by atoms with van der Waals surface area (Å²) >= 11 is 0. The minimum Gasteiger partial charge on any atom is -0.386 e. The van der Waals surface area contributed by atoms with Gasteiger partial charge in [-0.2, -0.15) is 0 Å². The molecule has 0 spiro atoms. The minimum absolute atomic E-state index is 0.400. The first kappa shape index (κ1) is 12.4. The van der Waals surface area contributed by atoms with Crippen LogP contribution >= 0.6 is 0 Å². The first-order valence-electron chi connectivity index (χ1n) is 4.84. The van der Waals surface area contributed by atoms with Gasteiger partial charge in [0.05, 0.1) is 0 Å². The number of aliphatic hydroxyl groups is 1. The Kier molecular flexibility index (Phi) is 5.62. The van der Waals surface area contributed by atoms with E-state index in [1.807, 2.05) is 13.8 Å². The Hall–Kier alpha value is -0.640. The van der Waals surface area contributed by atoms with Crippen molar-refractivity contribution in [2.24, 2.45) is 5.92 Å². The van der Waals surface area contributed by atoms with Crippen molar-refractivity contribution >= 4 is 0 Å². The molecule has 0 amide bonds. The Bertz CT molecular complexity index is 157. The SMILES string of the molecule is CCC(CC)C[C@@H](O)[C@@H](C)[N+](=O)[O-]. The molecule has 0 aliphatic heterocycles. The highest BCUT2D eigenvalue weighted by molar-refractivity contribution is 4.67. The fourth-order valence-electron chi connectivity index (χ4n) is 1.30. The van der Waals surface area contributed by atoms with Crippen LogP contribution in [0.25, 0.3) is 0 Å². The summed E-state index contributed by atoms with van der Waals surface area (Å²) in [4.78, 5) is 9.92. The fourth-order valence-corrected chi connectivity index (χ4v) is 1.30. The summed E-state index contributed by atoms with van der Waals surface area (Å²) in [5, 5.41) is 19.8. The Balaban J connectivity index is 3.97. The maximum Gasteiger partial charge on any atom is 0.235 e. The van der Waals surface area contributed by atoms with Crippen molar-refractivity contribution in [1.29, 1.82) is 0 Å². The van der Waals surface area contributed by atoms with Gasteiger partial charge >= 0.3 is 0 Å². The van der Waals surface area contributed by atoms with Crippen molar-refractivity contribution in [1.82, 2.24) is 0 Å². The van der Waals surface area contributed by atoms with Crippen LogP contribution in [0.4, 0.5) is 0 Å². The highest BCUT2D eigenvalue weighted by atomic mass is 16.6. The molecule has 0 aromatic rings. The quantitative estimate of drug-likeness (QED) is 0.512. The molecule has 0 aliphatic carbocycles. The normalized spacial score (nSPS) is 15.8. The molecule has 1 N–H and O–H groups in total. The van der Waals surface area contributed by atoms with E-state index in [1.54, 1.807) is 0 Å². The van der Waals surface area contributed by atoms with Crippen LogP contribution in [0, 0.1) is 16.0 Å². The molecule has 13 heavy (non-hydrogen) atoms. The number of nitro groups is 1. The Labute approximate surface area is 79.1 Å². The zero-order valence-corrected chi connectivity index (χ0v) is 8.56. The molecule has 0 rings (SSSR count). The van der Waals surface area contributed by atoms with Crippen LogP contribution in [0.1, 0.15) is 40.0 Å². The Morgan fingerprint density at radius 2 is 1.85 bits per heavy atom. The molecule has 0 bridgehead atoms. The number of rotatable bonds is 6. The van der Waals surface area contributed by atoms with E-state index >= 15 is 0 Å². The average Bonchev–Trinajstić information content (AvgIpc) is 2.12. The zero-order valence-electron chi connectivity index (χ0n) is 8.56. The lowest BCUT2D eigenvalue weighted by atomic mass is 9.94. The van der Waals surface area contributed by atoms with Gasteiger partial charge in [-0.15, -0.1) is 0 Å². The van der Waals surface area contributed by atoms with Crippen LogP contribution in [0.3, 0.4) is 0 Å². The van der Waals surface area contributed by atoms with Gasteiger partial charge in [-0.1, -0.05) is 26.7 Å². The van der Waals surface area contributed by atoms with Crippen molar-refractivity contribution in [3.63, 3.8) is 0 Å². The fraction of sp³-hybridized carbons (Fsp3) is 1.00. The summed E-state index contributed by atoms with van der Waals surface area (Å²) in [5.74, 6) is 0.400. The molecule has 4 heteroatoms. The van der Waals surface area contributed by atoms with E-state index in [4.69, 9.17) is 0 Å². The van der Waals surface area contributed by atoms with E-state index in [9.17, 15) is 15.2 Å². The van der Waals surface area contributed by atoms with Crippen molar-refractivity contribution in [2.75, 3.05) is 0 Å². The predicted octanol–water partition coefficient (Wildman–Crippen LogP) is 1.84. The standard InChI is InChI=1S/C9H19NO3/c1-4-8(5-2)6-9(11)7(3)10(12)13/h7-9,11H,4-6H2,1-3H3/t7-,9-/m1/s1. The van der Waals surface area contributed by atoms with Gasteiger partial charge in [-0.3, -0.25) is 10.1 Å². The highest BCUT2D eigenvalue weighted by Gasteiger charge is 2.25. The van der Waals surface area contributed by atoms with Gasteiger partial charge in [-0.25, -0.2) is 0 Å². The summed E-state index contributed by atoms with van der Waals surface area (Å²) in [5.41, 5.74) is 0. The molecule has 0 aliphatic rings. The minimum atomic E-state index is -0.847. The van der Waals surface area contributed by atoms with Crippen LogP contribution in [0.5, 0.6) is 0 Å². The molecule has 0 radical (unpaired) electrons. The van der Waals surface area contributed by atoms with E-state index in [-0.39, 0.29) is 0 Å². The topological polar surface area (TPSA) is 63.4 Å². The maximum absolute atomic E-state index is 10.3. The number of hydrogen-bond donors (Lipinski definition) is 1. The Morgan fingerprint density at radius 1 is 1.38 bits per heavy atom. The summed E-state index contributed by atoms with van der Waals surface area (Å²) in [6.07, 6.45) is 1.67. The van der Waals surface area contributed by atoms with E-state index in [0.29, 0.717) is 12.3 Å². The summed E-state index contributed by atoms with van der Waals surface area (Å²) < 4.78 is 0. The third kappa shape index (κ3) is 4.22. The van der Waals surface area contributed by atoms with E-state index in [0.717, 1.165) is 12.8 Å². The first-order chi connectivity index (χ1) is 6.02. The molecule has 0 saturated carbocycles. The van der Waals surface area contributed by atoms with Gasteiger partial charge in [0.1, 0.15) is 6.10 Å². The molecule has 4 nitrogen and oxygen atoms in total. The largest absolute Gasteiger partial charge is 0.386 e. The lowest BCUT2D eigenvalue weighted by Crippen LogP contribution is -2.32. The van der Waals surface area contributed by atoms with Crippen molar-refractivity contribution < 1.29 is 10.0 Å². The van der Waals surface area contributed by atoms with E-state index < -0.39 is 17.1 Å². The molecule has 2 atom stereocenters. The zero-order chi connectivity index (χ0) is 10.4. The van der Waals surface area contributed by atoms with Crippen molar-refractivity contribution in [3.05, 3.63) is 10.1 Å². The smallest absolute Gasteiger partial charge is 0.235 e. The third-order valence-corrected chi connectivity index (χ3v) is 2.62. The molecule has 78 valence electrons. The molecule has 0 unspecified atom stereocenters. The second-order valence-electron chi connectivity index (χ2n) is 3.51. The van der Waals surface area contributed by atoms with Gasteiger partial charge in [0.25, 0.3) is 0 Å². The van der Waals surface area contributed by atoms with Gasteiger partial charge in [0.2, 0.25) is 6.04 Å². The number of nitrogens with zero attached hydrogens (tertiary/aromatic N) is 1. The summed E-state index contributed by atoms with van der Waals surface area (Å²) in [6.45, 7) is 5.53.